The molecule has 0 radical (unpaired) electrons. The third-order valence-electron chi connectivity index (χ3n) is 3.20. The number of aliphatic carboxylic acids is 1. The van der Waals surface area contributed by atoms with Gasteiger partial charge in [-0.1, -0.05) is 27.7 Å². The van der Waals surface area contributed by atoms with Crippen molar-refractivity contribution >= 4 is 11.9 Å². The van der Waals surface area contributed by atoms with Crippen molar-refractivity contribution in [2.45, 2.75) is 53.6 Å². The Morgan fingerprint density at radius 3 is 2.38 bits per heavy atom. The average molecular weight is 295 g/mol. The fourth-order valence-corrected chi connectivity index (χ4v) is 2.13. The van der Waals surface area contributed by atoms with Crippen LogP contribution < -0.4 is 5.32 Å². The van der Waals surface area contributed by atoms with Crippen LogP contribution in [0.3, 0.4) is 0 Å². The summed E-state index contributed by atoms with van der Waals surface area (Å²) in [6, 6.07) is -0.870. The lowest BCUT2D eigenvalue weighted by atomic mass is 10.0. The molecule has 0 bridgehead atoms. The Kier molecular flexibility index (Phi) is 5.93. The Hall–Kier alpha value is -1.85. The zero-order valence-corrected chi connectivity index (χ0v) is 13.4. The Morgan fingerprint density at radius 2 is 1.90 bits per heavy atom. The van der Waals surface area contributed by atoms with Gasteiger partial charge < -0.3 is 10.4 Å². The van der Waals surface area contributed by atoms with E-state index in [-0.39, 0.29) is 11.8 Å². The van der Waals surface area contributed by atoms with Gasteiger partial charge >= 0.3 is 5.97 Å². The second-order valence-corrected chi connectivity index (χ2v) is 6.21. The number of carbonyl (C=O) groups is 2. The molecule has 2 N–H and O–H groups in total. The molecular formula is C15H25N3O3. The molecule has 6 nitrogen and oxygen atoms in total. The van der Waals surface area contributed by atoms with Crippen LogP contribution in [0.4, 0.5) is 0 Å². The van der Waals surface area contributed by atoms with Gasteiger partial charge in [0.1, 0.15) is 6.04 Å². The fraction of sp³-hybridized carbons (Fsp3) is 0.667. The molecule has 0 aliphatic carbocycles. The summed E-state index contributed by atoms with van der Waals surface area (Å²) in [6.07, 6.45) is 1.90. The summed E-state index contributed by atoms with van der Waals surface area (Å²) < 4.78 is 1.78. The topological polar surface area (TPSA) is 84.2 Å². The van der Waals surface area contributed by atoms with Crippen LogP contribution in [-0.2, 0) is 11.3 Å². The Morgan fingerprint density at radius 1 is 1.29 bits per heavy atom. The molecule has 21 heavy (non-hydrogen) atoms. The van der Waals surface area contributed by atoms with E-state index >= 15 is 0 Å². The van der Waals surface area contributed by atoms with Gasteiger partial charge in [0.2, 0.25) is 0 Å². The van der Waals surface area contributed by atoms with Gasteiger partial charge in [0, 0.05) is 12.2 Å². The van der Waals surface area contributed by atoms with Gasteiger partial charge in [-0.3, -0.25) is 9.48 Å². The van der Waals surface area contributed by atoms with Crippen molar-refractivity contribution in [2.24, 2.45) is 11.8 Å². The normalized spacial score (nSPS) is 12.7. The predicted molar refractivity (Wildman–Crippen MR) is 80.1 cm³/mol. The largest absolute Gasteiger partial charge is 0.480 e. The molecule has 6 heteroatoms. The molecule has 1 aromatic rings. The van der Waals surface area contributed by atoms with Gasteiger partial charge in [0.15, 0.2) is 0 Å². The fourth-order valence-electron chi connectivity index (χ4n) is 2.13. The first-order valence-electron chi connectivity index (χ1n) is 7.28. The van der Waals surface area contributed by atoms with Gasteiger partial charge in [-0.05, 0) is 25.2 Å². The van der Waals surface area contributed by atoms with Crippen molar-refractivity contribution in [1.29, 1.82) is 0 Å². The van der Waals surface area contributed by atoms with Crippen molar-refractivity contribution in [3.8, 4) is 0 Å². The molecule has 0 aliphatic rings. The smallest absolute Gasteiger partial charge is 0.326 e. The average Bonchev–Trinajstić information content (AvgIpc) is 2.68. The standard InChI is InChI=1S/C15H25N3O3/c1-9(2)6-13(15(20)21)17-14(19)12-7-16-18(11(12)5)8-10(3)4/h7,9-10,13H,6,8H2,1-5H3,(H,17,19)(H,20,21)/t13-/m1/s1. The minimum Gasteiger partial charge on any atom is -0.480 e. The SMILES string of the molecule is Cc1c(C(=O)N[C@H](CC(C)C)C(=O)O)cnn1CC(C)C. The maximum absolute atomic E-state index is 12.2. The van der Waals surface area contributed by atoms with E-state index in [1.165, 1.54) is 6.20 Å². The summed E-state index contributed by atoms with van der Waals surface area (Å²) in [6.45, 7) is 10.5. The molecule has 1 aromatic heterocycles. The van der Waals surface area contributed by atoms with Crippen LogP contribution in [0.5, 0.6) is 0 Å². The molecule has 0 spiro atoms. The number of amides is 1. The maximum atomic E-state index is 12.2. The molecule has 0 aliphatic heterocycles. The molecule has 118 valence electrons. The van der Waals surface area contributed by atoms with Gasteiger partial charge in [0.25, 0.3) is 5.91 Å². The van der Waals surface area contributed by atoms with Gasteiger partial charge in [0.05, 0.1) is 11.8 Å². The summed E-state index contributed by atoms with van der Waals surface area (Å²) in [5.74, 6) is -0.775. The number of rotatable bonds is 7. The van der Waals surface area contributed by atoms with Crippen LogP contribution in [0.2, 0.25) is 0 Å². The van der Waals surface area contributed by atoms with Crippen LogP contribution in [0, 0.1) is 18.8 Å². The number of hydrogen-bond donors (Lipinski definition) is 2. The summed E-state index contributed by atoms with van der Waals surface area (Å²) in [7, 11) is 0. The number of carboxylic acid groups (broad SMARTS) is 1. The molecule has 1 amide bonds. The van der Waals surface area contributed by atoms with Crippen molar-refractivity contribution < 1.29 is 14.7 Å². The minimum atomic E-state index is -1.01. The van der Waals surface area contributed by atoms with Crippen LogP contribution in [0.25, 0.3) is 0 Å². The van der Waals surface area contributed by atoms with Crippen LogP contribution in [-0.4, -0.2) is 32.8 Å². The number of hydrogen-bond acceptors (Lipinski definition) is 3. The minimum absolute atomic E-state index is 0.191. The van der Waals surface area contributed by atoms with E-state index in [1.54, 1.807) is 4.68 Å². The van der Waals surface area contributed by atoms with E-state index < -0.39 is 12.0 Å². The quantitative estimate of drug-likeness (QED) is 0.806. The Labute approximate surface area is 125 Å². The molecule has 1 atom stereocenters. The van der Waals surface area contributed by atoms with Crippen LogP contribution >= 0.6 is 0 Å². The molecule has 0 unspecified atom stereocenters. The van der Waals surface area contributed by atoms with Crippen molar-refractivity contribution in [3.63, 3.8) is 0 Å². The number of carbonyl (C=O) groups excluding carboxylic acids is 1. The second-order valence-electron chi connectivity index (χ2n) is 6.21. The first-order valence-corrected chi connectivity index (χ1v) is 7.28. The van der Waals surface area contributed by atoms with Crippen LogP contribution in [0.15, 0.2) is 6.20 Å². The Bertz CT molecular complexity index is 506. The van der Waals surface area contributed by atoms with Gasteiger partial charge in [-0.25, -0.2) is 4.79 Å². The number of carboxylic acids is 1. The van der Waals surface area contributed by atoms with E-state index in [9.17, 15) is 14.7 Å². The molecule has 1 rings (SSSR count). The highest BCUT2D eigenvalue weighted by atomic mass is 16.4. The van der Waals surface area contributed by atoms with Crippen LogP contribution in [0.1, 0.15) is 50.2 Å². The molecule has 0 aromatic carbocycles. The van der Waals surface area contributed by atoms with E-state index in [1.807, 2.05) is 20.8 Å². The molecule has 0 fully saturated rings. The predicted octanol–water partition coefficient (Wildman–Crippen LogP) is 2.08. The van der Waals surface area contributed by atoms with E-state index in [0.717, 1.165) is 12.2 Å². The maximum Gasteiger partial charge on any atom is 0.326 e. The lowest BCUT2D eigenvalue weighted by Gasteiger charge is -2.16. The summed E-state index contributed by atoms with van der Waals surface area (Å²) >= 11 is 0. The summed E-state index contributed by atoms with van der Waals surface area (Å²) in [5.41, 5.74) is 1.19. The highest BCUT2D eigenvalue weighted by molar-refractivity contribution is 5.97. The van der Waals surface area contributed by atoms with E-state index in [2.05, 4.69) is 24.3 Å². The highest BCUT2D eigenvalue weighted by Crippen LogP contribution is 2.11. The first-order chi connectivity index (χ1) is 9.72. The lowest BCUT2D eigenvalue weighted by Crippen LogP contribution is -2.41. The third kappa shape index (κ3) is 4.88. The van der Waals surface area contributed by atoms with E-state index in [4.69, 9.17) is 0 Å². The number of nitrogens with one attached hydrogen (secondary N) is 1. The first kappa shape index (κ1) is 17.2. The summed E-state index contributed by atoms with van der Waals surface area (Å²) in [4.78, 5) is 23.4. The van der Waals surface area contributed by atoms with E-state index in [0.29, 0.717) is 17.9 Å². The van der Waals surface area contributed by atoms with Gasteiger partial charge in [-0.15, -0.1) is 0 Å². The van der Waals surface area contributed by atoms with Crippen molar-refractivity contribution in [3.05, 3.63) is 17.5 Å². The van der Waals surface area contributed by atoms with Gasteiger partial charge in [-0.2, -0.15) is 5.10 Å². The second kappa shape index (κ2) is 7.24. The zero-order valence-electron chi connectivity index (χ0n) is 13.4. The third-order valence-corrected chi connectivity index (χ3v) is 3.20. The number of nitrogens with zero attached hydrogens (tertiary/aromatic N) is 2. The van der Waals surface area contributed by atoms with Crippen molar-refractivity contribution in [2.75, 3.05) is 0 Å². The monoisotopic (exact) mass is 295 g/mol. The summed E-state index contributed by atoms with van der Waals surface area (Å²) in [5, 5.41) is 16.0. The molecule has 0 saturated heterocycles. The molecule has 0 saturated carbocycles. The lowest BCUT2D eigenvalue weighted by molar-refractivity contribution is -0.139. The van der Waals surface area contributed by atoms with Crippen molar-refractivity contribution in [1.82, 2.24) is 15.1 Å². The number of aromatic nitrogens is 2. The Balaban J connectivity index is 2.83. The zero-order chi connectivity index (χ0) is 16.2. The highest BCUT2D eigenvalue weighted by Gasteiger charge is 2.23. The molecule has 1 heterocycles. The molecular weight excluding hydrogens is 270 g/mol.